The molecule has 5 rings (SSSR count). The molecular formula is C27H21N3O. The number of nitriles is 2. The van der Waals surface area contributed by atoms with E-state index in [0.29, 0.717) is 22.3 Å². The number of hydrogen-bond acceptors (Lipinski definition) is 4. The molecule has 4 heteroatoms. The normalized spacial score (nSPS) is 23.2. The van der Waals surface area contributed by atoms with Gasteiger partial charge in [0.15, 0.2) is 5.78 Å². The van der Waals surface area contributed by atoms with E-state index in [9.17, 15) is 15.3 Å². The molecule has 150 valence electrons. The van der Waals surface area contributed by atoms with E-state index in [1.54, 1.807) is 12.1 Å². The van der Waals surface area contributed by atoms with E-state index in [2.05, 4.69) is 36.9 Å². The molecule has 2 aromatic carbocycles. The number of ketones is 1. The number of anilines is 1. The summed E-state index contributed by atoms with van der Waals surface area (Å²) in [6, 6.07) is 17.7. The second-order valence-electron chi connectivity index (χ2n) is 8.38. The highest BCUT2D eigenvalue weighted by atomic mass is 16.1. The van der Waals surface area contributed by atoms with E-state index in [1.165, 1.54) is 22.5 Å². The van der Waals surface area contributed by atoms with Crippen LogP contribution in [0.2, 0.25) is 0 Å². The third kappa shape index (κ3) is 2.49. The highest BCUT2D eigenvalue weighted by molar-refractivity contribution is 6.27. The maximum absolute atomic E-state index is 13.2. The van der Waals surface area contributed by atoms with Gasteiger partial charge in [-0.2, -0.15) is 10.5 Å². The summed E-state index contributed by atoms with van der Waals surface area (Å²) in [7, 11) is 0. The SMILES string of the molecule is CCC1(C)/C(=C\C=C2\C(=O)c3ccccc3C2=C(C#N)C#N)N2CCc3cccc1c32. The fourth-order valence-electron chi connectivity index (χ4n) is 5.25. The molecule has 2 aromatic rings. The van der Waals surface area contributed by atoms with E-state index in [1.807, 2.05) is 36.4 Å². The smallest absolute Gasteiger partial charge is 0.194 e. The average Bonchev–Trinajstić information content (AvgIpc) is 3.42. The quantitative estimate of drug-likeness (QED) is 0.508. The minimum absolute atomic E-state index is 0.0284. The van der Waals surface area contributed by atoms with Crippen LogP contribution in [0.4, 0.5) is 5.69 Å². The van der Waals surface area contributed by atoms with Crippen molar-refractivity contribution >= 4 is 17.0 Å². The molecule has 0 saturated carbocycles. The molecule has 0 bridgehead atoms. The molecule has 1 aliphatic carbocycles. The van der Waals surface area contributed by atoms with Crippen molar-refractivity contribution in [1.29, 1.82) is 10.5 Å². The van der Waals surface area contributed by atoms with Gasteiger partial charge in [-0.3, -0.25) is 4.79 Å². The van der Waals surface area contributed by atoms with Gasteiger partial charge in [0, 0.05) is 40.1 Å². The number of allylic oxidation sites excluding steroid dienone is 6. The topological polar surface area (TPSA) is 67.9 Å². The Hall–Kier alpha value is -3.89. The van der Waals surface area contributed by atoms with Gasteiger partial charge in [-0.15, -0.1) is 0 Å². The molecule has 0 radical (unpaired) electrons. The second-order valence-corrected chi connectivity index (χ2v) is 8.38. The maximum Gasteiger partial charge on any atom is 0.194 e. The Morgan fingerprint density at radius 1 is 1.10 bits per heavy atom. The average molecular weight is 403 g/mol. The summed E-state index contributed by atoms with van der Waals surface area (Å²) in [4.78, 5) is 15.6. The number of fused-ring (bicyclic) bond motifs is 1. The van der Waals surface area contributed by atoms with Gasteiger partial charge in [-0.25, -0.2) is 0 Å². The van der Waals surface area contributed by atoms with E-state index in [-0.39, 0.29) is 16.8 Å². The van der Waals surface area contributed by atoms with Crippen LogP contribution in [0.15, 0.2) is 71.5 Å². The van der Waals surface area contributed by atoms with Crippen molar-refractivity contribution in [3.05, 3.63) is 93.7 Å². The molecule has 31 heavy (non-hydrogen) atoms. The van der Waals surface area contributed by atoms with Gasteiger partial charge in [0.05, 0.1) is 0 Å². The van der Waals surface area contributed by atoms with Crippen LogP contribution < -0.4 is 4.90 Å². The maximum atomic E-state index is 13.2. The summed E-state index contributed by atoms with van der Waals surface area (Å²) in [6.07, 6.45) is 5.80. The van der Waals surface area contributed by atoms with Crippen LogP contribution in [0.3, 0.4) is 0 Å². The lowest BCUT2D eigenvalue weighted by Gasteiger charge is -2.28. The van der Waals surface area contributed by atoms with Gasteiger partial charge < -0.3 is 4.90 Å². The lowest BCUT2D eigenvalue weighted by atomic mass is 9.78. The van der Waals surface area contributed by atoms with Gasteiger partial charge in [-0.1, -0.05) is 49.4 Å². The largest absolute Gasteiger partial charge is 0.343 e. The molecule has 2 aliphatic heterocycles. The second kappa shape index (κ2) is 6.83. The number of hydrogen-bond donors (Lipinski definition) is 0. The lowest BCUT2D eigenvalue weighted by Crippen LogP contribution is -2.28. The van der Waals surface area contributed by atoms with E-state index in [0.717, 1.165) is 19.4 Å². The molecule has 4 nitrogen and oxygen atoms in total. The van der Waals surface area contributed by atoms with Crippen molar-refractivity contribution < 1.29 is 4.79 Å². The Bertz CT molecular complexity index is 1310. The third-order valence-corrected chi connectivity index (χ3v) is 6.99. The van der Waals surface area contributed by atoms with Crippen molar-refractivity contribution in [3.63, 3.8) is 0 Å². The standard InChI is InChI=1S/C27H21N3O/c1-3-27(2)22-10-6-7-17-13-14-30(25(17)22)23(27)12-11-21-24(18(15-28)16-29)19-8-4-5-9-20(19)26(21)31/h4-12H,3,13-14H2,1-2H3/b21-11+,23-12+. The molecule has 1 unspecified atom stereocenters. The first-order valence-electron chi connectivity index (χ1n) is 10.6. The number of para-hydroxylation sites is 1. The zero-order valence-electron chi connectivity index (χ0n) is 17.6. The molecule has 2 heterocycles. The molecule has 0 N–H and O–H groups in total. The number of Topliss-reactive ketones (excluding diaryl/α,β-unsaturated/α-hetero) is 1. The Kier molecular flexibility index (Phi) is 4.20. The van der Waals surface area contributed by atoms with Crippen molar-refractivity contribution in [3.8, 4) is 12.1 Å². The van der Waals surface area contributed by atoms with Crippen LogP contribution in [0.5, 0.6) is 0 Å². The van der Waals surface area contributed by atoms with Gasteiger partial charge in [0.25, 0.3) is 0 Å². The summed E-state index contributed by atoms with van der Waals surface area (Å²) < 4.78 is 0. The highest BCUT2D eigenvalue weighted by Gasteiger charge is 2.45. The van der Waals surface area contributed by atoms with Crippen LogP contribution in [0.1, 0.15) is 47.3 Å². The van der Waals surface area contributed by atoms with Crippen LogP contribution in [-0.2, 0) is 11.8 Å². The minimum Gasteiger partial charge on any atom is -0.343 e. The van der Waals surface area contributed by atoms with Gasteiger partial charge >= 0.3 is 0 Å². The number of rotatable bonds is 2. The monoisotopic (exact) mass is 403 g/mol. The van der Waals surface area contributed by atoms with Crippen LogP contribution >= 0.6 is 0 Å². The van der Waals surface area contributed by atoms with Crippen molar-refractivity contribution in [2.75, 3.05) is 11.4 Å². The zero-order chi connectivity index (χ0) is 21.8. The summed E-state index contributed by atoms with van der Waals surface area (Å²) in [5.41, 5.74) is 7.07. The minimum atomic E-state index is -0.144. The molecular weight excluding hydrogens is 382 g/mol. The van der Waals surface area contributed by atoms with E-state index in [4.69, 9.17) is 0 Å². The molecule has 0 fully saturated rings. The number of carbonyl (C=O) groups is 1. The Morgan fingerprint density at radius 2 is 1.84 bits per heavy atom. The Balaban J connectivity index is 1.70. The van der Waals surface area contributed by atoms with Crippen LogP contribution in [-0.4, -0.2) is 12.3 Å². The number of carbonyl (C=O) groups excluding carboxylic acids is 1. The van der Waals surface area contributed by atoms with Crippen molar-refractivity contribution in [2.24, 2.45) is 0 Å². The lowest BCUT2D eigenvalue weighted by molar-refractivity contribution is 0.104. The molecule has 0 spiro atoms. The van der Waals surface area contributed by atoms with E-state index < -0.39 is 0 Å². The summed E-state index contributed by atoms with van der Waals surface area (Å²) in [5, 5.41) is 19.1. The first kappa shape index (κ1) is 19.1. The van der Waals surface area contributed by atoms with E-state index >= 15 is 0 Å². The predicted octanol–water partition coefficient (Wildman–Crippen LogP) is 5.24. The fourth-order valence-corrected chi connectivity index (χ4v) is 5.25. The zero-order valence-corrected chi connectivity index (χ0v) is 17.6. The molecule has 0 saturated heterocycles. The third-order valence-electron chi connectivity index (χ3n) is 6.99. The first-order chi connectivity index (χ1) is 15.0. The first-order valence-corrected chi connectivity index (χ1v) is 10.6. The van der Waals surface area contributed by atoms with Crippen molar-refractivity contribution in [2.45, 2.75) is 32.1 Å². The predicted molar refractivity (Wildman–Crippen MR) is 120 cm³/mol. The molecule has 3 aliphatic rings. The van der Waals surface area contributed by atoms with Crippen molar-refractivity contribution in [1.82, 2.24) is 0 Å². The van der Waals surface area contributed by atoms with Gasteiger partial charge in [-0.05, 0) is 48.6 Å². The summed E-state index contributed by atoms with van der Waals surface area (Å²) in [5.74, 6) is -0.138. The molecule has 1 atom stereocenters. The summed E-state index contributed by atoms with van der Waals surface area (Å²) in [6.45, 7) is 5.37. The van der Waals surface area contributed by atoms with Gasteiger partial charge in [0.2, 0.25) is 0 Å². The van der Waals surface area contributed by atoms with Crippen LogP contribution in [0, 0.1) is 22.7 Å². The summed E-state index contributed by atoms with van der Waals surface area (Å²) >= 11 is 0. The van der Waals surface area contributed by atoms with Crippen LogP contribution in [0.25, 0.3) is 5.57 Å². The highest BCUT2D eigenvalue weighted by Crippen LogP contribution is 2.53. The number of nitrogens with zero attached hydrogens (tertiary/aromatic N) is 3. The Morgan fingerprint density at radius 3 is 2.55 bits per heavy atom. The molecule has 0 aromatic heterocycles. The molecule has 0 amide bonds. The fraction of sp³-hybridized carbons (Fsp3) is 0.222. The number of benzene rings is 2. The van der Waals surface area contributed by atoms with Gasteiger partial charge in [0.1, 0.15) is 17.7 Å². The Labute approximate surface area is 182 Å².